The van der Waals surface area contributed by atoms with Crippen LogP contribution in [-0.4, -0.2) is 13.0 Å². The van der Waals surface area contributed by atoms with Crippen LogP contribution in [0.4, 0.5) is 24.5 Å². The molecule has 0 saturated heterocycles. The van der Waals surface area contributed by atoms with Gasteiger partial charge >= 0.3 is 0 Å². The van der Waals surface area contributed by atoms with Gasteiger partial charge in [-0.25, -0.2) is 13.2 Å². The fraction of sp³-hybridized carbons (Fsp3) is 0.0714. The van der Waals surface area contributed by atoms with Crippen molar-refractivity contribution in [3.63, 3.8) is 0 Å². The Morgan fingerprint density at radius 2 is 1.76 bits per heavy atom. The molecule has 0 aromatic heterocycles. The van der Waals surface area contributed by atoms with E-state index in [0.29, 0.717) is 6.07 Å². The van der Waals surface area contributed by atoms with E-state index in [9.17, 15) is 18.0 Å². The summed E-state index contributed by atoms with van der Waals surface area (Å²) in [7, 11) is 1.28. The van der Waals surface area contributed by atoms with E-state index in [1.807, 2.05) is 0 Å². The van der Waals surface area contributed by atoms with E-state index in [4.69, 9.17) is 10.5 Å². The van der Waals surface area contributed by atoms with Crippen molar-refractivity contribution in [2.45, 2.75) is 0 Å². The number of rotatable bonds is 3. The minimum atomic E-state index is -1.19. The molecule has 110 valence electrons. The van der Waals surface area contributed by atoms with E-state index < -0.39 is 23.4 Å². The van der Waals surface area contributed by atoms with Crippen LogP contribution in [0, 0.1) is 17.5 Å². The van der Waals surface area contributed by atoms with Crippen LogP contribution < -0.4 is 15.8 Å². The molecule has 7 heteroatoms. The average Bonchev–Trinajstić information content (AvgIpc) is 2.44. The smallest absolute Gasteiger partial charge is 0.257 e. The van der Waals surface area contributed by atoms with E-state index in [2.05, 4.69) is 5.32 Å². The summed E-state index contributed by atoms with van der Waals surface area (Å²) in [6.07, 6.45) is 0. The predicted octanol–water partition coefficient (Wildman–Crippen LogP) is 2.95. The summed E-state index contributed by atoms with van der Waals surface area (Å²) < 4.78 is 44.1. The lowest BCUT2D eigenvalue weighted by Crippen LogP contribution is -2.15. The van der Waals surface area contributed by atoms with Crippen LogP contribution in [0.3, 0.4) is 0 Å². The molecule has 0 aliphatic carbocycles. The molecule has 0 bridgehead atoms. The number of anilines is 2. The van der Waals surface area contributed by atoms with Crippen LogP contribution in [0.15, 0.2) is 30.3 Å². The second kappa shape index (κ2) is 5.74. The quantitative estimate of drug-likeness (QED) is 0.856. The molecule has 2 aromatic rings. The summed E-state index contributed by atoms with van der Waals surface area (Å²) >= 11 is 0. The lowest BCUT2D eigenvalue weighted by atomic mass is 10.1. The van der Waals surface area contributed by atoms with Crippen molar-refractivity contribution in [1.82, 2.24) is 0 Å². The summed E-state index contributed by atoms with van der Waals surface area (Å²) in [6.45, 7) is 0. The van der Waals surface area contributed by atoms with Crippen LogP contribution in [0.1, 0.15) is 10.4 Å². The Labute approximate surface area is 118 Å². The number of nitrogens with two attached hydrogens (primary N) is 1. The first kappa shape index (κ1) is 14.7. The zero-order valence-electron chi connectivity index (χ0n) is 10.9. The van der Waals surface area contributed by atoms with Crippen molar-refractivity contribution in [1.29, 1.82) is 0 Å². The third-order valence-corrected chi connectivity index (χ3v) is 2.75. The van der Waals surface area contributed by atoms with Crippen molar-refractivity contribution in [2.24, 2.45) is 0 Å². The molecule has 0 fully saturated rings. The summed E-state index contributed by atoms with van der Waals surface area (Å²) in [6, 6.07) is 5.06. The molecule has 0 radical (unpaired) electrons. The average molecular weight is 296 g/mol. The Balaban J connectivity index is 2.28. The molecule has 4 nitrogen and oxygen atoms in total. The van der Waals surface area contributed by atoms with Crippen LogP contribution in [-0.2, 0) is 0 Å². The molecule has 0 saturated carbocycles. The molecule has 2 aromatic carbocycles. The highest BCUT2D eigenvalue weighted by molar-refractivity contribution is 6.07. The molecule has 0 aliphatic heterocycles. The number of hydrogen-bond donors (Lipinski definition) is 2. The molecule has 0 spiro atoms. The summed E-state index contributed by atoms with van der Waals surface area (Å²) in [4.78, 5) is 12.0. The van der Waals surface area contributed by atoms with Crippen molar-refractivity contribution in [2.75, 3.05) is 18.2 Å². The van der Waals surface area contributed by atoms with Crippen LogP contribution >= 0.6 is 0 Å². The number of ether oxygens (including phenoxy) is 1. The molecule has 0 heterocycles. The topological polar surface area (TPSA) is 64.3 Å². The fourth-order valence-electron chi connectivity index (χ4n) is 1.69. The van der Waals surface area contributed by atoms with Gasteiger partial charge in [-0.15, -0.1) is 0 Å². The molecule has 1 amide bonds. The number of methoxy groups -OCH3 is 1. The largest absolute Gasteiger partial charge is 0.494 e. The minimum absolute atomic E-state index is 0.0638. The van der Waals surface area contributed by atoms with Gasteiger partial charge in [-0.1, -0.05) is 0 Å². The number of carbonyl (C=O) groups excluding carboxylic acids is 1. The number of halogens is 3. The lowest BCUT2D eigenvalue weighted by molar-refractivity contribution is 0.102. The first-order valence-corrected chi connectivity index (χ1v) is 5.81. The Bertz CT molecular complexity index is 705. The maximum Gasteiger partial charge on any atom is 0.257 e. The number of nitrogens with one attached hydrogen (secondary N) is 1. The first-order chi connectivity index (χ1) is 9.92. The molecular weight excluding hydrogens is 285 g/mol. The van der Waals surface area contributed by atoms with Gasteiger partial charge in [0.15, 0.2) is 23.2 Å². The Hall–Kier alpha value is -2.70. The van der Waals surface area contributed by atoms with Gasteiger partial charge in [-0.2, -0.15) is 0 Å². The number of nitrogen functional groups attached to an aromatic ring is 1. The Kier molecular flexibility index (Phi) is 4.02. The maximum absolute atomic E-state index is 13.2. The van der Waals surface area contributed by atoms with Crippen LogP contribution in [0.5, 0.6) is 5.75 Å². The van der Waals surface area contributed by atoms with Crippen LogP contribution in [0.25, 0.3) is 0 Å². The van der Waals surface area contributed by atoms with Gasteiger partial charge in [0.2, 0.25) is 0 Å². The van der Waals surface area contributed by atoms with E-state index in [-0.39, 0.29) is 22.7 Å². The second-order valence-electron chi connectivity index (χ2n) is 4.16. The molecule has 0 atom stereocenters. The molecule has 21 heavy (non-hydrogen) atoms. The van der Waals surface area contributed by atoms with Gasteiger partial charge in [0, 0.05) is 23.5 Å². The van der Waals surface area contributed by atoms with E-state index >= 15 is 0 Å². The third-order valence-electron chi connectivity index (χ3n) is 2.75. The van der Waals surface area contributed by atoms with Crippen LogP contribution in [0.2, 0.25) is 0 Å². The molecule has 0 aliphatic rings. The SMILES string of the molecule is COc1cc(NC(=O)c2cc(F)c(F)cc2N)ccc1F. The highest BCUT2D eigenvalue weighted by Gasteiger charge is 2.15. The standard InChI is InChI=1S/C14H11F3N2O2/c1-21-13-4-7(2-3-9(13)15)19-14(20)8-5-10(16)11(17)6-12(8)18/h2-6H,18H2,1H3,(H,19,20). The van der Waals surface area contributed by atoms with E-state index in [0.717, 1.165) is 12.1 Å². The second-order valence-corrected chi connectivity index (χ2v) is 4.16. The van der Waals surface area contributed by atoms with Crippen molar-refractivity contribution >= 4 is 17.3 Å². The number of amides is 1. The number of hydrogen-bond acceptors (Lipinski definition) is 3. The summed E-state index contributed by atoms with van der Waals surface area (Å²) in [5.74, 6) is -3.74. The van der Waals surface area contributed by atoms with Crippen molar-refractivity contribution in [3.8, 4) is 5.75 Å². The van der Waals surface area contributed by atoms with Gasteiger partial charge in [0.25, 0.3) is 5.91 Å². The minimum Gasteiger partial charge on any atom is -0.494 e. The first-order valence-electron chi connectivity index (χ1n) is 5.81. The van der Waals surface area contributed by atoms with Gasteiger partial charge in [0.05, 0.1) is 12.7 Å². The molecule has 2 rings (SSSR count). The monoisotopic (exact) mass is 296 g/mol. The molecule has 3 N–H and O–H groups in total. The van der Waals surface area contributed by atoms with E-state index in [1.54, 1.807) is 0 Å². The molecule has 0 unspecified atom stereocenters. The van der Waals surface area contributed by atoms with Gasteiger partial charge in [-0.05, 0) is 18.2 Å². The predicted molar refractivity (Wildman–Crippen MR) is 71.7 cm³/mol. The number of carbonyl (C=O) groups is 1. The highest BCUT2D eigenvalue weighted by atomic mass is 19.2. The fourth-order valence-corrected chi connectivity index (χ4v) is 1.69. The summed E-state index contributed by atoms with van der Waals surface area (Å²) in [5.41, 5.74) is 5.26. The van der Waals surface area contributed by atoms with Crippen molar-refractivity contribution in [3.05, 3.63) is 53.3 Å². The van der Waals surface area contributed by atoms with Gasteiger partial charge in [0.1, 0.15) is 0 Å². The Morgan fingerprint density at radius 3 is 2.43 bits per heavy atom. The highest BCUT2D eigenvalue weighted by Crippen LogP contribution is 2.23. The summed E-state index contributed by atoms with van der Waals surface area (Å²) in [5, 5.41) is 2.39. The van der Waals surface area contributed by atoms with Gasteiger partial charge in [-0.3, -0.25) is 4.79 Å². The maximum atomic E-state index is 13.2. The zero-order chi connectivity index (χ0) is 15.6. The molecular formula is C14H11F3N2O2. The third kappa shape index (κ3) is 3.07. The van der Waals surface area contributed by atoms with Crippen molar-refractivity contribution < 1.29 is 22.7 Å². The normalized spacial score (nSPS) is 10.3. The van der Waals surface area contributed by atoms with Gasteiger partial charge < -0.3 is 15.8 Å². The van der Waals surface area contributed by atoms with E-state index in [1.165, 1.54) is 19.2 Å². The lowest BCUT2D eigenvalue weighted by Gasteiger charge is -2.09. The number of benzene rings is 2. The Morgan fingerprint density at radius 1 is 1.10 bits per heavy atom. The zero-order valence-corrected chi connectivity index (χ0v) is 10.9.